The topological polar surface area (TPSA) is 78.9 Å². The predicted molar refractivity (Wildman–Crippen MR) is 273 cm³/mol. The molecule has 1 atom stereocenters. The number of ether oxygens (including phenoxy) is 3. The van der Waals surface area contributed by atoms with E-state index in [0.717, 1.165) is 102 Å². The van der Waals surface area contributed by atoms with Crippen molar-refractivity contribution >= 4 is 29.1 Å². The van der Waals surface area contributed by atoms with Crippen LogP contribution in [0.25, 0.3) is 11.1 Å². The van der Waals surface area contributed by atoms with Crippen LogP contribution >= 0.6 is 11.8 Å². The van der Waals surface area contributed by atoms with E-state index in [1.165, 1.54) is 48.5 Å². The smallest absolute Gasteiger partial charge is 0.411 e. The van der Waals surface area contributed by atoms with Crippen LogP contribution in [-0.2, 0) is 10.2 Å². The van der Waals surface area contributed by atoms with E-state index >= 15 is 26.3 Å². The molecule has 0 radical (unpaired) electrons. The molecule has 1 fully saturated rings. The molecule has 0 aliphatic carbocycles. The van der Waals surface area contributed by atoms with Gasteiger partial charge in [-0.1, -0.05) is 102 Å². The molecule has 0 spiro atoms. The van der Waals surface area contributed by atoms with E-state index in [0.29, 0.717) is 33.4 Å². The zero-order chi connectivity index (χ0) is 52.2. The van der Waals surface area contributed by atoms with Gasteiger partial charge >= 0.3 is 12.4 Å². The number of benzene rings is 8. The van der Waals surface area contributed by atoms with Crippen molar-refractivity contribution < 1.29 is 54.9 Å². The van der Waals surface area contributed by atoms with Gasteiger partial charge in [-0.05, 0) is 164 Å². The molecule has 0 bridgehead atoms. The number of carbonyl (C=O) groups is 3. The summed E-state index contributed by atoms with van der Waals surface area (Å²) in [5, 5.41) is 0. The molecule has 1 aliphatic heterocycles. The molecule has 6 nitrogen and oxygen atoms in total. The first-order chi connectivity index (χ1) is 35.5. The lowest BCUT2D eigenvalue weighted by atomic mass is 9.73. The molecule has 8 aromatic rings. The lowest BCUT2D eigenvalue weighted by Crippen LogP contribution is -2.54. The Morgan fingerprint density at radius 2 is 0.865 bits per heavy atom. The number of aryl methyl sites for hydroxylation is 2. The van der Waals surface area contributed by atoms with Crippen molar-refractivity contribution in [1.82, 2.24) is 0 Å². The minimum absolute atomic E-state index is 0.0284. The number of carbonyl (C=O) groups excluding carboxylic acids is 3. The zero-order valence-electron chi connectivity index (χ0n) is 39.9. The van der Waals surface area contributed by atoms with Gasteiger partial charge in [-0.25, -0.2) is 0 Å². The van der Waals surface area contributed by atoms with Crippen molar-refractivity contribution in [3.05, 3.63) is 244 Å². The average molecular weight is 1020 g/mol. The number of halogens is 6. The van der Waals surface area contributed by atoms with Crippen molar-refractivity contribution in [1.29, 1.82) is 0 Å². The van der Waals surface area contributed by atoms with Crippen LogP contribution in [0.1, 0.15) is 89.3 Å². The largest absolute Gasteiger partial charge is 0.457 e. The van der Waals surface area contributed by atoms with Gasteiger partial charge in [0.05, 0.1) is 0 Å². The molecule has 0 amide bonds. The molecule has 0 N–H and O–H groups in total. The SMILES string of the molecule is Cc1ccc(C(=O)c2ccc(Oc3ccc(C(c4ccc(Oc5ccc(C(=O)c6ccc(-c7ccc(C)c(C(=O)c8ccc(SC9CCCCO9)cc8)c7)cc6)cc5)cc4)(C(F)(F)F)C(F)(F)F)cc3)cc2)cc1. The van der Waals surface area contributed by atoms with Gasteiger partial charge in [0.1, 0.15) is 28.4 Å². The van der Waals surface area contributed by atoms with Crippen LogP contribution in [0.4, 0.5) is 26.3 Å². The highest BCUT2D eigenvalue weighted by Crippen LogP contribution is 2.56. The van der Waals surface area contributed by atoms with Gasteiger partial charge in [-0.3, -0.25) is 14.4 Å². The van der Waals surface area contributed by atoms with E-state index in [1.807, 2.05) is 68.4 Å². The van der Waals surface area contributed by atoms with Gasteiger partial charge < -0.3 is 14.2 Å². The summed E-state index contributed by atoms with van der Waals surface area (Å²) in [6, 6.07) is 46.1. The lowest BCUT2D eigenvalue weighted by molar-refractivity contribution is -0.288. The Labute approximate surface area is 428 Å². The van der Waals surface area contributed by atoms with Gasteiger partial charge in [0.25, 0.3) is 0 Å². The van der Waals surface area contributed by atoms with Gasteiger partial charge in [0.2, 0.25) is 5.41 Å². The first-order valence-corrected chi connectivity index (χ1v) is 24.6. The van der Waals surface area contributed by atoms with E-state index in [-0.39, 0.29) is 45.8 Å². The molecule has 0 saturated carbocycles. The maximum Gasteiger partial charge on any atom is 0.411 e. The van der Waals surface area contributed by atoms with Gasteiger partial charge in [-0.2, -0.15) is 26.3 Å². The fraction of sp³-hybridized carbons (Fsp3) is 0.164. The molecule has 1 aliphatic rings. The Morgan fingerprint density at radius 1 is 0.473 bits per heavy atom. The second kappa shape index (κ2) is 21.4. The third kappa shape index (κ3) is 10.9. The molecule has 8 aromatic carbocycles. The van der Waals surface area contributed by atoms with Crippen molar-refractivity contribution in [3.8, 4) is 34.1 Å². The van der Waals surface area contributed by atoms with Crippen molar-refractivity contribution in [2.24, 2.45) is 0 Å². The second-order valence-electron chi connectivity index (χ2n) is 17.9. The first-order valence-electron chi connectivity index (χ1n) is 23.7. The summed E-state index contributed by atoms with van der Waals surface area (Å²) in [7, 11) is 0. The van der Waals surface area contributed by atoms with Crippen LogP contribution in [0.5, 0.6) is 23.0 Å². The molecule has 13 heteroatoms. The molecule has 9 rings (SSSR count). The molecule has 1 saturated heterocycles. The van der Waals surface area contributed by atoms with E-state index < -0.39 is 28.9 Å². The molecule has 374 valence electrons. The van der Waals surface area contributed by atoms with Gasteiger partial charge in [0, 0.05) is 44.9 Å². The van der Waals surface area contributed by atoms with Crippen molar-refractivity contribution in [2.75, 3.05) is 6.61 Å². The number of alkyl halides is 6. The van der Waals surface area contributed by atoms with Crippen LogP contribution in [-0.4, -0.2) is 41.7 Å². The van der Waals surface area contributed by atoms with E-state index in [1.54, 1.807) is 48.2 Å². The van der Waals surface area contributed by atoms with Crippen LogP contribution in [0, 0.1) is 13.8 Å². The highest BCUT2D eigenvalue weighted by atomic mass is 32.2. The van der Waals surface area contributed by atoms with Crippen LogP contribution in [0.2, 0.25) is 0 Å². The number of ketones is 3. The Hall–Kier alpha value is -7.74. The quantitative estimate of drug-likeness (QED) is 0.0748. The van der Waals surface area contributed by atoms with E-state index in [4.69, 9.17) is 14.2 Å². The zero-order valence-corrected chi connectivity index (χ0v) is 40.7. The molecule has 1 heterocycles. The van der Waals surface area contributed by atoms with Crippen LogP contribution in [0.15, 0.2) is 193 Å². The molecule has 1 unspecified atom stereocenters. The molecule has 74 heavy (non-hydrogen) atoms. The molecule has 0 aromatic heterocycles. The van der Waals surface area contributed by atoms with E-state index in [2.05, 4.69) is 0 Å². The first kappa shape index (κ1) is 51.2. The van der Waals surface area contributed by atoms with E-state index in [9.17, 15) is 14.4 Å². The Balaban J connectivity index is 0.846. The maximum absolute atomic E-state index is 15.0. The third-order valence-electron chi connectivity index (χ3n) is 12.9. The van der Waals surface area contributed by atoms with Crippen LogP contribution in [0.3, 0.4) is 0 Å². The minimum Gasteiger partial charge on any atom is -0.457 e. The second-order valence-corrected chi connectivity index (χ2v) is 19.2. The highest BCUT2D eigenvalue weighted by Gasteiger charge is 2.72. The summed E-state index contributed by atoms with van der Waals surface area (Å²) in [6.45, 7) is 4.54. The van der Waals surface area contributed by atoms with Crippen LogP contribution < -0.4 is 9.47 Å². The Kier molecular flexibility index (Phi) is 14.8. The standard InChI is InChI=1S/C61H46F6O6S/c1-38-6-9-41(10-7-38)56(68)43-16-26-49(27-17-43)72-51-30-22-47(23-31-51)59(60(62,63)64,61(65,66)67)48-24-32-52(33-25-48)73-50-28-18-44(19-29-50)57(69)42-14-12-40(13-15-42)46-11-8-39(2)54(37-46)58(70)45-20-34-53(35-21-45)74-55-5-3-4-36-71-55/h6-35,37,55H,3-5,36H2,1-2H3. The monoisotopic (exact) mass is 1020 g/mol. The van der Waals surface area contributed by atoms with Gasteiger partial charge in [0.15, 0.2) is 17.3 Å². The fourth-order valence-electron chi connectivity index (χ4n) is 8.84. The third-order valence-corrected chi connectivity index (χ3v) is 14.1. The maximum atomic E-state index is 15.0. The normalized spacial score (nSPS) is 14.0. The summed E-state index contributed by atoms with van der Waals surface area (Å²) >= 11 is 1.66. The number of hydrogen-bond donors (Lipinski definition) is 0. The molecular formula is C61H46F6O6S. The summed E-state index contributed by atoms with van der Waals surface area (Å²) < 4.78 is 108. The lowest BCUT2D eigenvalue weighted by Gasteiger charge is -2.38. The number of hydrogen-bond acceptors (Lipinski definition) is 7. The summed E-state index contributed by atoms with van der Waals surface area (Å²) in [5.74, 6) is -0.326. The van der Waals surface area contributed by atoms with Crippen molar-refractivity contribution in [3.63, 3.8) is 0 Å². The van der Waals surface area contributed by atoms with Gasteiger partial charge in [-0.15, -0.1) is 0 Å². The highest BCUT2D eigenvalue weighted by molar-refractivity contribution is 7.99. The number of rotatable bonds is 15. The summed E-state index contributed by atoms with van der Waals surface area (Å²) in [4.78, 5) is 41.1. The molecular weight excluding hydrogens is 975 g/mol. The summed E-state index contributed by atoms with van der Waals surface area (Å²) in [6.07, 6.45) is -8.45. The summed E-state index contributed by atoms with van der Waals surface area (Å²) in [5.41, 5.74) is -0.397. The fourth-order valence-corrected chi connectivity index (χ4v) is 9.89. The predicted octanol–water partition coefficient (Wildman–Crippen LogP) is 16.3. The Morgan fingerprint density at radius 3 is 1.30 bits per heavy atom. The number of thioether (sulfide) groups is 1. The minimum atomic E-state index is -5.83. The Bertz CT molecular complexity index is 3260. The van der Waals surface area contributed by atoms with Crippen molar-refractivity contribution in [2.45, 2.75) is 61.2 Å². The average Bonchev–Trinajstić information content (AvgIpc) is 3.40.